The highest BCUT2D eigenvalue weighted by molar-refractivity contribution is 6.60. The Hall–Kier alpha value is -3.04. The summed E-state index contributed by atoms with van der Waals surface area (Å²) in [5, 5.41) is 0.680. The van der Waals surface area contributed by atoms with Gasteiger partial charge in [-0.1, -0.05) is 0 Å². The number of carbonyl (C=O) groups excluding carboxylic acids is 4. The fourth-order valence-electron chi connectivity index (χ4n) is 5.46. The Morgan fingerprint density at radius 3 is 1.40 bits per heavy atom. The third kappa shape index (κ3) is 6.88. The third-order valence-electron chi connectivity index (χ3n) is 7.28. The molecule has 4 amide bonds. The van der Waals surface area contributed by atoms with Gasteiger partial charge in [0.2, 0.25) is 0 Å². The van der Waals surface area contributed by atoms with Gasteiger partial charge in [-0.3, -0.25) is 29.0 Å². The maximum Gasteiger partial charge on any atom is 0.500 e. The molecule has 13 heteroatoms. The van der Waals surface area contributed by atoms with Gasteiger partial charge in [0.25, 0.3) is 23.6 Å². The summed E-state index contributed by atoms with van der Waals surface area (Å²) >= 11 is 0. The van der Waals surface area contributed by atoms with Gasteiger partial charge in [0.05, 0.1) is 39.6 Å². The molecule has 2 aromatic rings. The van der Waals surface area contributed by atoms with Gasteiger partial charge in [-0.25, -0.2) is 0 Å². The lowest BCUT2D eigenvalue weighted by Crippen LogP contribution is -2.47. The average molecular weight is 617 g/mol. The van der Waals surface area contributed by atoms with Crippen LogP contribution < -0.4 is 0 Å². The van der Waals surface area contributed by atoms with Crippen LogP contribution in [-0.4, -0.2) is 115 Å². The molecule has 12 nitrogen and oxygen atoms in total. The molecule has 0 bridgehead atoms. The Labute approximate surface area is 252 Å². The Morgan fingerprint density at radius 2 is 0.977 bits per heavy atom. The Bertz CT molecular complexity index is 1260. The van der Waals surface area contributed by atoms with Crippen molar-refractivity contribution in [2.75, 3.05) is 73.1 Å². The van der Waals surface area contributed by atoms with Crippen LogP contribution in [0.4, 0.5) is 0 Å². The molecule has 0 atom stereocenters. The number of methoxy groups -OCH3 is 1. The molecule has 0 aromatic heterocycles. The summed E-state index contributed by atoms with van der Waals surface area (Å²) in [5.41, 5.74) is 1.11. The second kappa shape index (κ2) is 15.1. The second-order valence-electron chi connectivity index (χ2n) is 9.90. The average Bonchev–Trinajstić information content (AvgIpc) is 2.99. The first kappa shape index (κ1) is 32.9. The molecule has 2 aliphatic rings. The molecule has 2 aromatic carbocycles. The molecule has 0 spiro atoms. The van der Waals surface area contributed by atoms with E-state index in [4.69, 9.17) is 27.5 Å². The van der Waals surface area contributed by atoms with E-state index in [2.05, 4.69) is 0 Å². The van der Waals surface area contributed by atoms with Crippen LogP contribution >= 0.6 is 0 Å². The number of carbonyl (C=O) groups is 4. The maximum atomic E-state index is 13.6. The monoisotopic (exact) mass is 616 g/mol. The van der Waals surface area contributed by atoms with Crippen LogP contribution in [0.25, 0.3) is 10.8 Å². The lowest BCUT2D eigenvalue weighted by atomic mass is 9.86. The second-order valence-corrected chi connectivity index (χ2v) is 12.6. The van der Waals surface area contributed by atoms with Gasteiger partial charge < -0.3 is 27.5 Å². The highest BCUT2D eigenvalue weighted by atomic mass is 28.4. The van der Waals surface area contributed by atoms with Crippen molar-refractivity contribution in [1.82, 2.24) is 9.80 Å². The Balaban J connectivity index is 1.49. The van der Waals surface area contributed by atoms with Gasteiger partial charge >= 0.3 is 8.80 Å². The number of rotatable bonds is 19. The predicted octanol–water partition coefficient (Wildman–Crippen LogP) is 3.15. The number of amides is 4. The first-order valence-electron chi connectivity index (χ1n) is 14.7. The lowest BCUT2D eigenvalue weighted by Gasteiger charge is -2.32. The number of hydrogen-bond donors (Lipinski definition) is 0. The SMILES string of the molecule is CCO[Si](CCCN1C(=O)c2ccc3c4c(ccc(c24)C1=O)C(=O)N(CCOCCOCCOC)C3=O)(OCC)OCC. The van der Waals surface area contributed by atoms with Crippen LogP contribution in [-0.2, 0) is 27.5 Å². The van der Waals surface area contributed by atoms with Crippen LogP contribution in [0.15, 0.2) is 24.3 Å². The predicted molar refractivity (Wildman–Crippen MR) is 158 cm³/mol. The summed E-state index contributed by atoms with van der Waals surface area (Å²) in [6.45, 7) is 8.87. The number of nitrogens with zero attached hydrogens (tertiary/aromatic N) is 2. The van der Waals surface area contributed by atoms with Crippen LogP contribution in [0.5, 0.6) is 0 Å². The van der Waals surface area contributed by atoms with Gasteiger partial charge in [-0.2, -0.15) is 0 Å². The molecule has 0 saturated heterocycles. The zero-order valence-corrected chi connectivity index (χ0v) is 26.3. The van der Waals surface area contributed by atoms with E-state index in [9.17, 15) is 19.2 Å². The molecule has 0 N–H and O–H groups in total. The van der Waals surface area contributed by atoms with E-state index in [1.807, 2.05) is 20.8 Å². The van der Waals surface area contributed by atoms with E-state index < -0.39 is 32.4 Å². The molecular formula is C30H40N2O10Si. The van der Waals surface area contributed by atoms with Gasteiger partial charge in [-0.05, 0) is 51.5 Å². The number of benzene rings is 2. The van der Waals surface area contributed by atoms with E-state index in [1.54, 1.807) is 31.4 Å². The highest BCUT2D eigenvalue weighted by Gasteiger charge is 2.42. The molecule has 0 fully saturated rings. The molecule has 0 unspecified atom stereocenters. The minimum absolute atomic E-state index is 0.0574. The molecule has 43 heavy (non-hydrogen) atoms. The summed E-state index contributed by atoms with van der Waals surface area (Å²) in [7, 11) is -1.36. The van der Waals surface area contributed by atoms with Crippen LogP contribution in [0.1, 0.15) is 68.6 Å². The fraction of sp³-hybridized carbons (Fsp3) is 0.533. The summed E-state index contributed by atoms with van der Waals surface area (Å²) < 4.78 is 33.5. The zero-order chi connectivity index (χ0) is 31.0. The van der Waals surface area contributed by atoms with Gasteiger partial charge in [0, 0.05) is 72.5 Å². The molecule has 0 radical (unpaired) electrons. The Morgan fingerprint density at radius 1 is 0.581 bits per heavy atom. The standard InChI is InChI=1S/C30H40N2O10Si/c1-5-40-43(41-6-2,42-7-3)20-8-13-31-27(33)21-9-11-23-26-24(12-10-22(25(21)26)28(31)34)30(36)32(29(23)35)14-15-38-18-19-39-17-16-37-4/h9-12H,5-8,13-20H2,1-4H3. The van der Waals surface area contributed by atoms with Gasteiger partial charge in [0.15, 0.2) is 0 Å². The number of imide groups is 2. The maximum absolute atomic E-state index is 13.6. The first-order valence-corrected chi connectivity index (χ1v) is 16.7. The van der Waals surface area contributed by atoms with Gasteiger partial charge in [0.1, 0.15) is 0 Å². The minimum atomic E-state index is -2.95. The molecule has 0 saturated carbocycles. The van der Waals surface area contributed by atoms with Crippen molar-refractivity contribution in [3.8, 4) is 0 Å². The summed E-state index contributed by atoms with van der Waals surface area (Å²) in [6.07, 6.45) is 0.436. The topological polar surface area (TPSA) is 130 Å². The highest BCUT2D eigenvalue weighted by Crippen LogP contribution is 2.38. The summed E-state index contributed by atoms with van der Waals surface area (Å²) in [6, 6.07) is 6.68. The van der Waals surface area contributed by atoms with E-state index in [-0.39, 0.29) is 42.0 Å². The third-order valence-corrected chi connectivity index (χ3v) is 10.4. The normalized spacial score (nSPS) is 14.9. The van der Waals surface area contributed by atoms with Crippen LogP contribution in [0.3, 0.4) is 0 Å². The fourth-order valence-corrected chi connectivity index (χ4v) is 8.05. The van der Waals surface area contributed by atoms with Crippen molar-refractivity contribution in [2.24, 2.45) is 0 Å². The zero-order valence-electron chi connectivity index (χ0n) is 25.3. The van der Waals surface area contributed by atoms with Crippen LogP contribution in [0, 0.1) is 0 Å². The molecule has 2 heterocycles. The van der Waals surface area contributed by atoms with Crippen LogP contribution in [0.2, 0.25) is 6.04 Å². The first-order chi connectivity index (χ1) is 20.8. The van der Waals surface area contributed by atoms with Gasteiger partial charge in [-0.15, -0.1) is 0 Å². The Kier molecular flexibility index (Phi) is 11.5. The van der Waals surface area contributed by atoms with Crippen molar-refractivity contribution >= 4 is 43.2 Å². The number of ether oxygens (including phenoxy) is 3. The largest absolute Gasteiger partial charge is 0.500 e. The summed E-state index contributed by atoms with van der Waals surface area (Å²) in [4.78, 5) is 56.3. The van der Waals surface area contributed by atoms with Crippen molar-refractivity contribution in [3.63, 3.8) is 0 Å². The van der Waals surface area contributed by atoms with Crippen molar-refractivity contribution in [2.45, 2.75) is 33.2 Å². The summed E-state index contributed by atoms with van der Waals surface area (Å²) in [5.74, 6) is -1.93. The van der Waals surface area contributed by atoms with E-state index >= 15 is 0 Å². The molecular weight excluding hydrogens is 576 g/mol. The van der Waals surface area contributed by atoms with E-state index in [0.29, 0.717) is 69.5 Å². The molecule has 4 rings (SSSR count). The quantitative estimate of drug-likeness (QED) is 0.132. The smallest absolute Gasteiger partial charge is 0.382 e. The molecule has 0 aliphatic carbocycles. The van der Waals surface area contributed by atoms with Crippen molar-refractivity contribution in [3.05, 3.63) is 46.5 Å². The molecule has 234 valence electrons. The minimum Gasteiger partial charge on any atom is -0.382 e. The van der Waals surface area contributed by atoms with E-state index in [0.717, 1.165) is 4.90 Å². The molecule has 2 aliphatic heterocycles. The van der Waals surface area contributed by atoms with Crippen molar-refractivity contribution < 1.29 is 46.7 Å². The number of hydrogen-bond acceptors (Lipinski definition) is 10. The van der Waals surface area contributed by atoms with E-state index in [1.165, 1.54) is 4.90 Å². The van der Waals surface area contributed by atoms with Crippen molar-refractivity contribution in [1.29, 1.82) is 0 Å². The lowest BCUT2D eigenvalue weighted by molar-refractivity contribution is 0.0189.